The number of fused-ring (bicyclic) bond motifs is 1. The number of benzene rings is 2. The van der Waals surface area contributed by atoms with Gasteiger partial charge in [-0.05, 0) is 71.8 Å². The van der Waals surface area contributed by atoms with E-state index in [-0.39, 0.29) is 35.8 Å². The van der Waals surface area contributed by atoms with Crippen molar-refractivity contribution >= 4 is 43.2 Å². The number of rotatable bonds is 5. The number of carbonyl (C=O) groups is 1. The van der Waals surface area contributed by atoms with E-state index in [2.05, 4.69) is 32.3 Å². The highest BCUT2D eigenvalue weighted by molar-refractivity contribution is 9.10. The predicted octanol–water partition coefficient (Wildman–Crippen LogP) is 4.52. The van der Waals surface area contributed by atoms with Crippen LogP contribution in [-0.2, 0) is 21.2 Å². The highest BCUT2D eigenvalue weighted by Gasteiger charge is 2.33. The number of hydrogen-bond acceptors (Lipinski definition) is 5. The third-order valence-electron chi connectivity index (χ3n) is 6.83. The molecule has 0 spiro atoms. The van der Waals surface area contributed by atoms with Crippen LogP contribution in [0, 0.1) is 5.82 Å². The van der Waals surface area contributed by atoms with Crippen molar-refractivity contribution in [2.24, 2.45) is 0 Å². The second-order valence-electron chi connectivity index (χ2n) is 9.07. The fourth-order valence-electron chi connectivity index (χ4n) is 5.02. The zero-order valence-electron chi connectivity index (χ0n) is 19.6. The molecular formula is C26H27BrFN3O3S2. The highest BCUT2D eigenvalue weighted by atomic mass is 79.9. The number of nitrogens with zero attached hydrogens (tertiary/aromatic N) is 3. The van der Waals surface area contributed by atoms with Gasteiger partial charge in [-0.2, -0.15) is 4.31 Å². The van der Waals surface area contributed by atoms with E-state index < -0.39 is 10.0 Å². The standard InChI is InChI=1S/C26H27BrFN3O3S2/c27-20-5-7-22(8-6-20)36(33,34)31-12-2-11-29(14-15-31)25(32)18-30-13-9-24-23(10-16-35-24)26(30)19-3-1-4-21(28)17-19/h1,3-8,10,16-17,26H,2,9,11-15,18H2. The SMILES string of the molecule is O=C(CN1CCc2sccc2C1c1cccc(F)c1)N1CCCN(S(=O)(=O)c2ccc(Br)cc2)CC1. The first kappa shape index (κ1) is 25.5. The summed E-state index contributed by atoms with van der Waals surface area (Å²) in [7, 11) is -3.62. The summed E-state index contributed by atoms with van der Waals surface area (Å²) in [6, 6.07) is 15.1. The van der Waals surface area contributed by atoms with Crippen LogP contribution in [-0.4, -0.2) is 67.7 Å². The van der Waals surface area contributed by atoms with Gasteiger partial charge in [0.05, 0.1) is 17.5 Å². The molecule has 2 aromatic carbocycles. The molecule has 10 heteroatoms. The Hall–Kier alpha value is -2.11. The minimum atomic E-state index is -3.62. The van der Waals surface area contributed by atoms with Crippen molar-refractivity contribution in [2.45, 2.75) is 23.8 Å². The van der Waals surface area contributed by atoms with Gasteiger partial charge >= 0.3 is 0 Å². The minimum Gasteiger partial charge on any atom is -0.340 e. The molecule has 3 aromatic rings. The Morgan fingerprint density at radius 3 is 2.61 bits per heavy atom. The second-order valence-corrected chi connectivity index (χ2v) is 12.9. The molecule has 0 bridgehead atoms. The van der Waals surface area contributed by atoms with E-state index in [9.17, 15) is 17.6 Å². The number of thiophene rings is 1. The van der Waals surface area contributed by atoms with Crippen LogP contribution in [0.25, 0.3) is 0 Å². The molecule has 1 atom stereocenters. The first-order valence-corrected chi connectivity index (χ1v) is 15.0. The maximum atomic E-state index is 14.1. The van der Waals surface area contributed by atoms with Crippen molar-refractivity contribution in [1.29, 1.82) is 0 Å². The number of carbonyl (C=O) groups excluding carboxylic acids is 1. The normalized spacial score (nSPS) is 19.6. The molecule has 0 N–H and O–H groups in total. The van der Waals surface area contributed by atoms with Gasteiger partial charge in [0.1, 0.15) is 5.82 Å². The number of hydrogen-bond donors (Lipinski definition) is 0. The lowest BCUT2D eigenvalue weighted by Crippen LogP contribution is -2.45. The van der Waals surface area contributed by atoms with E-state index in [4.69, 9.17) is 0 Å². The largest absolute Gasteiger partial charge is 0.340 e. The zero-order valence-corrected chi connectivity index (χ0v) is 22.9. The monoisotopic (exact) mass is 591 g/mol. The van der Waals surface area contributed by atoms with E-state index in [1.165, 1.54) is 15.2 Å². The fraction of sp³-hybridized carbons (Fsp3) is 0.346. The summed E-state index contributed by atoms with van der Waals surface area (Å²) in [4.78, 5) is 18.8. The number of amides is 1. The summed E-state index contributed by atoms with van der Waals surface area (Å²) in [6.07, 6.45) is 1.43. The summed E-state index contributed by atoms with van der Waals surface area (Å²) in [5, 5.41) is 2.05. The summed E-state index contributed by atoms with van der Waals surface area (Å²) in [5.41, 5.74) is 1.97. The molecule has 2 aliphatic rings. The maximum absolute atomic E-state index is 14.1. The van der Waals surface area contributed by atoms with Crippen LogP contribution in [0.3, 0.4) is 0 Å². The lowest BCUT2D eigenvalue weighted by molar-refractivity contribution is -0.132. The lowest BCUT2D eigenvalue weighted by atomic mass is 9.93. The molecule has 1 saturated heterocycles. The van der Waals surface area contributed by atoms with E-state index >= 15 is 0 Å². The van der Waals surface area contributed by atoms with Gasteiger partial charge in [0.15, 0.2) is 0 Å². The van der Waals surface area contributed by atoms with Gasteiger partial charge < -0.3 is 4.90 Å². The zero-order chi connectivity index (χ0) is 25.3. The Kier molecular flexibility index (Phi) is 7.60. The van der Waals surface area contributed by atoms with Gasteiger partial charge in [0.25, 0.3) is 0 Å². The molecule has 1 fully saturated rings. The van der Waals surface area contributed by atoms with Gasteiger partial charge in [0, 0.05) is 42.1 Å². The van der Waals surface area contributed by atoms with Crippen LogP contribution >= 0.6 is 27.3 Å². The van der Waals surface area contributed by atoms with E-state index in [0.29, 0.717) is 32.6 Å². The summed E-state index contributed by atoms with van der Waals surface area (Å²) in [5.74, 6) is -0.321. The molecule has 1 aromatic heterocycles. The average Bonchev–Trinajstić information content (AvgIpc) is 3.18. The fourth-order valence-corrected chi connectivity index (χ4v) is 7.66. The molecule has 36 heavy (non-hydrogen) atoms. The number of sulfonamides is 1. The first-order valence-electron chi connectivity index (χ1n) is 11.9. The van der Waals surface area contributed by atoms with Crippen LogP contribution in [0.1, 0.15) is 28.5 Å². The van der Waals surface area contributed by atoms with Crippen molar-refractivity contribution in [2.75, 3.05) is 39.3 Å². The molecule has 0 saturated carbocycles. The Morgan fingerprint density at radius 1 is 1.03 bits per heavy atom. The maximum Gasteiger partial charge on any atom is 0.243 e. The Bertz CT molecular complexity index is 1350. The number of halogens is 2. The van der Waals surface area contributed by atoms with Crippen molar-refractivity contribution in [1.82, 2.24) is 14.1 Å². The molecular weight excluding hydrogens is 565 g/mol. The average molecular weight is 593 g/mol. The molecule has 6 nitrogen and oxygen atoms in total. The van der Waals surface area contributed by atoms with Gasteiger partial charge in [-0.1, -0.05) is 28.1 Å². The van der Waals surface area contributed by atoms with Gasteiger partial charge in [-0.3, -0.25) is 9.69 Å². The summed E-state index contributed by atoms with van der Waals surface area (Å²) < 4.78 is 42.6. The van der Waals surface area contributed by atoms with E-state index in [0.717, 1.165) is 22.0 Å². The second kappa shape index (κ2) is 10.7. The van der Waals surface area contributed by atoms with E-state index in [1.807, 2.05) is 6.07 Å². The molecule has 2 aliphatic heterocycles. The lowest BCUT2D eigenvalue weighted by Gasteiger charge is -2.37. The Balaban J connectivity index is 1.29. The molecule has 1 unspecified atom stereocenters. The van der Waals surface area contributed by atoms with Crippen molar-refractivity contribution in [3.8, 4) is 0 Å². The Morgan fingerprint density at radius 2 is 1.83 bits per heavy atom. The molecule has 190 valence electrons. The van der Waals surface area contributed by atoms with Crippen molar-refractivity contribution in [3.05, 3.63) is 86.3 Å². The van der Waals surface area contributed by atoms with Gasteiger partial charge in [0.2, 0.25) is 15.9 Å². The summed E-state index contributed by atoms with van der Waals surface area (Å²) >= 11 is 5.04. The van der Waals surface area contributed by atoms with Crippen LogP contribution < -0.4 is 0 Å². The smallest absolute Gasteiger partial charge is 0.243 e. The van der Waals surface area contributed by atoms with Gasteiger partial charge in [-0.25, -0.2) is 12.8 Å². The quantitative estimate of drug-likeness (QED) is 0.438. The third kappa shape index (κ3) is 5.28. The van der Waals surface area contributed by atoms with Crippen molar-refractivity contribution < 1.29 is 17.6 Å². The molecule has 3 heterocycles. The van der Waals surface area contributed by atoms with Crippen LogP contribution in [0.5, 0.6) is 0 Å². The van der Waals surface area contributed by atoms with Crippen LogP contribution in [0.15, 0.2) is 69.3 Å². The molecule has 0 aliphatic carbocycles. The first-order chi connectivity index (χ1) is 17.3. The Labute approximate surface area is 223 Å². The minimum absolute atomic E-state index is 0.0297. The molecule has 1 amide bonds. The topological polar surface area (TPSA) is 60.9 Å². The van der Waals surface area contributed by atoms with Gasteiger partial charge in [-0.15, -0.1) is 11.3 Å². The van der Waals surface area contributed by atoms with Crippen LogP contribution in [0.2, 0.25) is 0 Å². The highest BCUT2D eigenvalue weighted by Crippen LogP contribution is 2.37. The third-order valence-corrected chi connectivity index (χ3v) is 10.3. The molecule has 0 radical (unpaired) electrons. The van der Waals surface area contributed by atoms with Crippen LogP contribution in [0.4, 0.5) is 4.39 Å². The summed E-state index contributed by atoms with van der Waals surface area (Å²) in [6.45, 7) is 2.39. The predicted molar refractivity (Wildman–Crippen MR) is 142 cm³/mol. The van der Waals surface area contributed by atoms with E-state index in [1.54, 1.807) is 52.6 Å². The van der Waals surface area contributed by atoms with Crippen molar-refractivity contribution in [3.63, 3.8) is 0 Å². The molecule has 5 rings (SSSR count).